The first-order chi connectivity index (χ1) is 12.2. The zero-order valence-corrected chi connectivity index (χ0v) is 14.2. The average molecular weight is 337 g/mol. The van der Waals surface area contributed by atoms with E-state index in [1.165, 1.54) is 0 Å². The predicted octanol–water partition coefficient (Wildman–Crippen LogP) is 2.32. The topological polar surface area (TPSA) is 62.3 Å². The Labute approximate surface area is 148 Å². The third kappa shape index (κ3) is 4.89. The molecular formula is C20H23N3O2. The average Bonchev–Trinajstić information content (AvgIpc) is 2.65. The summed E-state index contributed by atoms with van der Waals surface area (Å²) in [6.07, 6.45) is 6.10. The third-order valence-corrected chi connectivity index (χ3v) is 4.47. The lowest BCUT2D eigenvalue weighted by Gasteiger charge is -2.32. The van der Waals surface area contributed by atoms with Crippen LogP contribution in [0.2, 0.25) is 0 Å². The van der Waals surface area contributed by atoms with Crippen LogP contribution in [0.25, 0.3) is 0 Å². The zero-order valence-electron chi connectivity index (χ0n) is 14.2. The molecule has 3 rings (SSSR count). The minimum absolute atomic E-state index is 0.0207. The number of rotatable bonds is 6. The lowest BCUT2D eigenvalue weighted by Crippen LogP contribution is -2.51. The molecule has 5 heteroatoms. The van der Waals surface area contributed by atoms with Crippen LogP contribution >= 0.6 is 0 Å². The highest BCUT2D eigenvalue weighted by Crippen LogP contribution is 2.15. The first kappa shape index (κ1) is 17.1. The molecule has 0 radical (unpaired) electrons. The summed E-state index contributed by atoms with van der Waals surface area (Å²) >= 11 is 0. The number of hydrogen-bond acceptors (Lipinski definition) is 3. The molecule has 1 aliphatic rings. The molecule has 2 heterocycles. The van der Waals surface area contributed by atoms with Gasteiger partial charge in [-0.3, -0.25) is 14.6 Å². The molecule has 25 heavy (non-hydrogen) atoms. The Hall–Kier alpha value is -2.69. The standard InChI is InChI=1S/C20H23N3O2/c24-19(9-8-16-10-12-21-13-11-16)22-18-7-4-14-23(20(18)25)15-17-5-2-1-3-6-17/h1-3,5-6,10-13,18H,4,7-9,14-15H2,(H,22,24)/t18-/m1/s1. The first-order valence-electron chi connectivity index (χ1n) is 8.73. The molecule has 0 spiro atoms. The van der Waals surface area contributed by atoms with Crippen molar-refractivity contribution in [2.45, 2.75) is 38.3 Å². The zero-order chi connectivity index (χ0) is 17.5. The normalized spacial score (nSPS) is 17.4. The summed E-state index contributed by atoms with van der Waals surface area (Å²) in [5.41, 5.74) is 2.19. The molecule has 1 N–H and O–H groups in total. The second-order valence-corrected chi connectivity index (χ2v) is 6.36. The van der Waals surface area contributed by atoms with Crippen LogP contribution < -0.4 is 5.32 Å². The minimum atomic E-state index is -0.401. The summed E-state index contributed by atoms with van der Waals surface area (Å²) in [4.78, 5) is 30.6. The fourth-order valence-electron chi connectivity index (χ4n) is 3.11. The van der Waals surface area contributed by atoms with Crippen LogP contribution in [0.5, 0.6) is 0 Å². The Bertz CT molecular complexity index is 703. The van der Waals surface area contributed by atoms with E-state index in [9.17, 15) is 9.59 Å². The summed E-state index contributed by atoms with van der Waals surface area (Å²) in [5.74, 6) is -0.0518. The number of aromatic nitrogens is 1. The van der Waals surface area contributed by atoms with Gasteiger partial charge in [0.05, 0.1) is 0 Å². The van der Waals surface area contributed by atoms with E-state index in [1.54, 1.807) is 12.4 Å². The Balaban J connectivity index is 1.51. The molecule has 1 aromatic carbocycles. The van der Waals surface area contributed by atoms with E-state index in [4.69, 9.17) is 0 Å². The second kappa shape index (κ2) is 8.42. The van der Waals surface area contributed by atoms with E-state index in [0.717, 1.165) is 24.1 Å². The van der Waals surface area contributed by atoms with Crippen molar-refractivity contribution in [3.8, 4) is 0 Å². The predicted molar refractivity (Wildman–Crippen MR) is 95.6 cm³/mol. The van der Waals surface area contributed by atoms with Crippen molar-refractivity contribution in [2.75, 3.05) is 6.54 Å². The van der Waals surface area contributed by atoms with Crippen molar-refractivity contribution in [2.24, 2.45) is 0 Å². The SMILES string of the molecule is O=C(CCc1ccncc1)N[C@@H]1CCCN(Cc2ccccc2)C1=O. The molecular weight excluding hydrogens is 314 g/mol. The molecule has 0 saturated carbocycles. The van der Waals surface area contributed by atoms with Crippen molar-refractivity contribution < 1.29 is 9.59 Å². The van der Waals surface area contributed by atoms with Crippen molar-refractivity contribution >= 4 is 11.8 Å². The highest BCUT2D eigenvalue weighted by atomic mass is 16.2. The van der Waals surface area contributed by atoms with Crippen LogP contribution in [0, 0.1) is 0 Å². The van der Waals surface area contributed by atoms with Gasteiger partial charge in [0, 0.05) is 31.9 Å². The summed E-state index contributed by atoms with van der Waals surface area (Å²) < 4.78 is 0. The summed E-state index contributed by atoms with van der Waals surface area (Å²) in [7, 11) is 0. The molecule has 2 amide bonds. The van der Waals surface area contributed by atoms with Gasteiger partial charge in [0.25, 0.3) is 0 Å². The van der Waals surface area contributed by atoms with Crippen LogP contribution in [-0.2, 0) is 22.6 Å². The van der Waals surface area contributed by atoms with Crippen molar-refractivity contribution in [1.29, 1.82) is 0 Å². The van der Waals surface area contributed by atoms with Crippen molar-refractivity contribution in [3.63, 3.8) is 0 Å². The van der Waals surface area contributed by atoms with E-state index >= 15 is 0 Å². The lowest BCUT2D eigenvalue weighted by molar-refractivity contribution is -0.139. The Morgan fingerprint density at radius 2 is 1.88 bits per heavy atom. The number of hydrogen-bond donors (Lipinski definition) is 1. The lowest BCUT2D eigenvalue weighted by atomic mass is 10.0. The summed E-state index contributed by atoms with van der Waals surface area (Å²) in [6, 6.07) is 13.4. The number of benzene rings is 1. The van der Waals surface area contributed by atoms with Gasteiger partial charge in [-0.05, 0) is 42.5 Å². The van der Waals surface area contributed by atoms with Gasteiger partial charge >= 0.3 is 0 Å². The van der Waals surface area contributed by atoms with Gasteiger partial charge in [0.1, 0.15) is 6.04 Å². The van der Waals surface area contributed by atoms with Gasteiger partial charge in [0.2, 0.25) is 11.8 Å². The van der Waals surface area contributed by atoms with Gasteiger partial charge < -0.3 is 10.2 Å². The van der Waals surface area contributed by atoms with Crippen molar-refractivity contribution in [1.82, 2.24) is 15.2 Å². The Morgan fingerprint density at radius 3 is 2.64 bits per heavy atom. The Morgan fingerprint density at radius 1 is 1.12 bits per heavy atom. The van der Waals surface area contributed by atoms with Crippen LogP contribution in [-0.4, -0.2) is 34.3 Å². The number of aryl methyl sites for hydroxylation is 1. The molecule has 130 valence electrons. The molecule has 1 aliphatic heterocycles. The number of amides is 2. The maximum absolute atomic E-state index is 12.6. The number of nitrogens with one attached hydrogen (secondary N) is 1. The highest BCUT2D eigenvalue weighted by molar-refractivity contribution is 5.88. The molecule has 5 nitrogen and oxygen atoms in total. The van der Waals surface area contributed by atoms with Gasteiger partial charge in [-0.25, -0.2) is 0 Å². The van der Waals surface area contributed by atoms with Crippen LogP contribution in [0.1, 0.15) is 30.4 Å². The van der Waals surface area contributed by atoms with Crippen LogP contribution in [0.15, 0.2) is 54.9 Å². The summed E-state index contributed by atoms with van der Waals surface area (Å²) in [6.45, 7) is 1.35. The fraction of sp³-hybridized carbons (Fsp3) is 0.350. The van der Waals surface area contributed by atoms with E-state index in [1.807, 2.05) is 47.4 Å². The van der Waals surface area contributed by atoms with E-state index in [-0.39, 0.29) is 11.8 Å². The van der Waals surface area contributed by atoms with Crippen LogP contribution in [0.4, 0.5) is 0 Å². The van der Waals surface area contributed by atoms with Crippen molar-refractivity contribution in [3.05, 3.63) is 66.0 Å². The number of piperidine rings is 1. The molecule has 0 unspecified atom stereocenters. The quantitative estimate of drug-likeness (QED) is 0.880. The molecule has 1 atom stereocenters. The molecule has 0 bridgehead atoms. The van der Waals surface area contributed by atoms with E-state index in [0.29, 0.717) is 25.8 Å². The molecule has 1 saturated heterocycles. The first-order valence-corrected chi connectivity index (χ1v) is 8.73. The number of carbonyl (C=O) groups is 2. The van der Waals surface area contributed by atoms with Gasteiger partial charge in [0.15, 0.2) is 0 Å². The number of nitrogens with zero attached hydrogens (tertiary/aromatic N) is 2. The molecule has 1 aromatic heterocycles. The van der Waals surface area contributed by atoms with Gasteiger partial charge in [-0.2, -0.15) is 0 Å². The largest absolute Gasteiger partial charge is 0.344 e. The number of pyridine rings is 1. The number of carbonyl (C=O) groups excluding carboxylic acids is 2. The monoisotopic (exact) mass is 337 g/mol. The number of likely N-dealkylation sites (tertiary alicyclic amines) is 1. The third-order valence-electron chi connectivity index (χ3n) is 4.47. The highest BCUT2D eigenvalue weighted by Gasteiger charge is 2.29. The van der Waals surface area contributed by atoms with E-state index < -0.39 is 6.04 Å². The second-order valence-electron chi connectivity index (χ2n) is 6.36. The maximum atomic E-state index is 12.6. The van der Waals surface area contributed by atoms with Gasteiger partial charge in [-0.15, -0.1) is 0 Å². The molecule has 2 aromatic rings. The fourth-order valence-corrected chi connectivity index (χ4v) is 3.11. The Kier molecular flexibility index (Phi) is 5.77. The minimum Gasteiger partial charge on any atom is -0.344 e. The van der Waals surface area contributed by atoms with Crippen LogP contribution in [0.3, 0.4) is 0 Å². The smallest absolute Gasteiger partial charge is 0.245 e. The summed E-state index contributed by atoms with van der Waals surface area (Å²) in [5, 5.41) is 2.91. The van der Waals surface area contributed by atoms with E-state index in [2.05, 4.69) is 10.3 Å². The molecule has 0 aliphatic carbocycles. The maximum Gasteiger partial charge on any atom is 0.245 e. The van der Waals surface area contributed by atoms with Gasteiger partial charge in [-0.1, -0.05) is 30.3 Å². The molecule has 1 fully saturated rings.